The fraction of sp³-hybridized carbons (Fsp3) is 0.400. The highest BCUT2D eigenvalue weighted by atomic mass is 35.5. The van der Waals surface area contributed by atoms with Gasteiger partial charge in [0.25, 0.3) is 0 Å². The van der Waals surface area contributed by atoms with E-state index in [-0.39, 0.29) is 11.1 Å². The quantitative estimate of drug-likeness (QED) is 0.833. The van der Waals surface area contributed by atoms with Crippen LogP contribution in [0.15, 0.2) is 18.2 Å². The van der Waals surface area contributed by atoms with Gasteiger partial charge in [-0.1, -0.05) is 24.6 Å². The molecule has 1 atom stereocenters. The van der Waals surface area contributed by atoms with Crippen LogP contribution in [-0.2, 0) is 6.18 Å². The van der Waals surface area contributed by atoms with Gasteiger partial charge in [0.15, 0.2) is 0 Å². The Morgan fingerprint density at radius 3 is 2.47 bits per heavy atom. The first-order valence-electron chi connectivity index (χ1n) is 4.48. The SMILES string of the molecule is CCC(N)c1ccc(Cl)c(C(F)(F)F)c1. The van der Waals surface area contributed by atoms with Gasteiger partial charge in [-0.15, -0.1) is 0 Å². The molecule has 0 saturated heterocycles. The van der Waals surface area contributed by atoms with E-state index >= 15 is 0 Å². The number of halogens is 4. The van der Waals surface area contributed by atoms with Crippen LogP contribution in [0.4, 0.5) is 13.2 Å². The second kappa shape index (κ2) is 4.41. The highest BCUT2D eigenvalue weighted by Gasteiger charge is 2.33. The monoisotopic (exact) mass is 237 g/mol. The van der Waals surface area contributed by atoms with E-state index in [0.717, 1.165) is 6.07 Å². The molecule has 1 rings (SSSR count). The second-order valence-electron chi connectivity index (χ2n) is 3.25. The molecule has 0 heterocycles. The molecule has 0 bridgehead atoms. The Labute approximate surface area is 91.0 Å². The average Bonchev–Trinajstić information content (AvgIpc) is 2.15. The molecule has 0 saturated carbocycles. The van der Waals surface area contributed by atoms with Crippen molar-refractivity contribution in [2.75, 3.05) is 0 Å². The summed E-state index contributed by atoms with van der Waals surface area (Å²) >= 11 is 5.47. The summed E-state index contributed by atoms with van der Waals surface area (Å²) in [5.41, 5.74) is 5.27. The molecule has 1 aromatic carbocycles. The van der Waals surface area contributed by atoms with Crippen LogP contribution in [-0.4, -0.2) is 0 Å². The van der Waals surface area contributed by atoms with Crippen molar-refractivity contribution in [1.29, 1.82) is 0 Å². The second-order valence-corrected chi connectivity index (χ2v) is 3.66. The Kier molecular flexibility index (Phi) is 3.62. The summed E-state index contributed by atoms with van der Waals surface area (Å²) in [6.07, 6.45) is -3.85. The predicted octanol–water partition coefficient (Wildman–Crippen LogP) is 3.77. The topological polar surface area (TPSA) is 26.0 Å². The van der Waals surface area contributed by atoms with E-state index in [9.17, 15) is 13.2 Å². The van der Waals surface area contributed by atoms with Crippen LogP contribution in [0, 0.1) is 0 Å². The Balaban J connectivity index is 3.17. The number of rotatable bonds is 2. The molecule has 15 heavy (non-hydrogen) atoms. The molecular formula is C10H11ClF3N. The fourth-order valence-corrected chi connectivity index (χ4v) is 1.45. The lowest BCUT2D eigenvalue weighted by atomic mass is 10.0. The molecule has 0 amide bonds. The van der Waals surface area contributed by atoms with Gasteiger partial charge in [-0.2, -0.15) is 13.2 Å². The Morgan fingerprint density at radius 1 is 1.40 bits per heavy atom. The number of alkyl halides is 3. The van der Waals surface area contributed by atoms with Crippen molar-refractivity contribution in [1.82, 2.24) is 0 Å². The lowest BCUT2D eigenvalue weighted by Gasteiger charge is -2.14. The van der Waals surface area contributed by atoms with Gasteiger partial charge in [0, 0.05) is 6.04 Å². The number of benzene rings is 1. The Hall–Kier alpha value is -0.740. The summed E-state index contributed by atoms with van der Waals surface area (Å²) in [7, 11) is 0. The summed E-state index contributed by atoms with van der Waals surface area (Å²) in [6.45, 7) is 1.81. The van der Waals surface area contributed by atoms with E-state index in [1.165, 1.54) is 12.1 Å². The third-order valence-electron chi connectivity index (χ3n) is 2.16. The van der Waals surface area contributed by atoms with Crippen molar-refractivity contribution in [2.45, 2.75) is 25.6 Å². The molecule has 1 nitrogen and oxygen atoms in total. The minimum atomic E-state index is -4.43. The standard InChI is InChI=1S/C10H11ClF3N/c1-2-9(15)6-3-4-8(11)7(5-6)10(12,13)14/h3-5,9H,2,15H2,1H3. The van der Waals surface area contributed by atoms with Gasteiger partial charge in [-0.25, -0.2) is 0 Å². The summed E-state index contributed by atoms with van der Waals surface area (Å²) in [5, 5.41) is -0.297. The minimum absolute atomic E-state index is 0.297. The lowest BCUT2D eigenvalue weighted by Crippen LogP contribution is -2.12. The maximum atomic E-state index is 12.5. The van der Waals surface area contributed by atoms with E-state index in [1.807, 2.05) is 6.92 Å². The van der Waals surface area contributed by atoms with Gasteiger partial charge in [-0.05, 0) is 24.1 Å². The predicted molar refractivity (Wildman–Crippen MR) is 53.7 cm³/mol. The van der Waals surface area contributed by atoms with Crippen LogP contribution < -0.4 is 5.73 Å². The fourth-order valence-electron chi connectivity index (χ4n) is 1.23. The summed E-state index contributed by atoms with van der Waals surface area (Å²) in [5.74, 6) is 0. The van der Waals surface area contributed by atoms with Gasteiger partial charge < -0.3 is 5.73 Å². The van der Waals surface area contributed by atoms with E-state index in [2.05, 4.69) is 0 Å². The van der Waals surface area contributed by atoms with Crippen molar-refractivity contribution >= 4 is 11.6 Å². The molecule has 0 radical (unpaired) electrons. The third kappa shape index (κ3) is 2.86. The first-order chi connectivity index (χ1) is 6.86. The van der Waals surface area contributed by atoms with Crippen LogP contribution in [0.3, 0.4) is 0 Å². The van der Waals surface area contributed by atoms with Crippen LogP contribution in [0.2, 0.25) is 5.02 Å². The summed E-state index contributed by atoms with van der Waals surface area (Å²) < 4.78 is 37.4. The van der Waals surface area contributed by atoms with Crippen LogP contribution in [0.5, 0.6) is 0 Å². The largest absolute Gasteiger partial charge is 0.417 e. The molecule has 1 aromatic rings. The maximum absolute atomic E-state index is 12.5. The molecular weight excluding hydrogens is 227 g/mol. The van der Waals surface area contributed by atoms with Gasteiger partial charge in [0.1, 0.15) is 0 Å². The van der Waals surface area contributed by atoms with Gasteiger partial charge in [0.05, 0.1) is 10.6 Å². The number of hydrogen-bond donors (Lipinski definition) is 1. The van der Waals surface area contributed by atoms with Crippen LogP contribution in [0.25, 0.3) is 0 Å². The lowest BCUT2D eigenvalue weighted by molar-refractivity contribution is -0.137. The molecule has 0 spiro atoms. The van der Waals surface area contributed by atoms with Crippen molar-refractivity contribution in [3.05, 3.63) is 34.3 Å². The first kappa shape index (κ1) is 12.3. The zero-order chi connectivity index (χ0) is 11.6. The summed E-state index contributed by atoms with van der Waals surface area (Å²) in [4.78, 5) is 0. The first-order valence-corrected chi connectivity index (χ1v) is 4.86. The Morgan fingerprint density at radius 2 is 2.00 bits per heavy atom. The molecule has 1 unspecified atom stereocenters. The average molecular weight is 238 g/mol. The Bertz CT molecular complexity index is 349. The number of hydrogen-bond acceptors (Lipinski definition) is 1. The highest BCUT2D eigenvalue weighted by molar-refractivity contribution is 6.31. The minimum Gasteiger partial charge on any atom is -0.324 e. The highest BCUT2D eigenvalue weighted by Crippen LogP contribution is 2.36. The van der Waals surface area contributed by atoms with E-state index < -0.39 is 11.7 Å². The van der Waals surface area contributed by atoms with Gasteiger partial charge in [0.2, 0.25) is 0 Å². The van der Waals surface area contributed by atoms with E-state index in [0.29, 0.717) is 12.0 Å². The molecule has 5 heteroatoms. The summed E-state index contributed by atoms with van der Waals surface area (Å²) in [6, 6.07) is 3.38. The number of nitrogens with two attached hydrogens (primary N) is 1. The third-order valence-corrected chi connectivity index (χ3v) is 2.49. The molecule has 2 N–H and O–H groups in total. The van der Waals surface area contributed by atoms with E-state index in [4.69, 9.17) is 17.3 Å². The van der Waals surface area contributed by atoms with Gasteiger partial charge in [-0.3, -0.25) is 0 Å². The van der Waals surface area contributed by atoms with Crippen LogP contribution in [0.1, 0.15) is 30.5 Å². The molecule has 0 aliphatic rings. The maximum Gasteiger partial charge on any atom is 0.417 e. The van der Waals surface area contributed by atoms with E-state index in [1.54, 1.807) is 0 Å². The normalized spacial score (nSPS) is 14.0. The molecule has 0 fully saturated rings. The van der Waals surface area contributed by atoms with Crippen molar-refractivity contribution in [2.24, 2.45) is 5.73 Å². The molecule has 0 aliphatic heterocycles. The van der Waals surface area contributed by atoms with Crippen LogP contribution >= 0.6 is 11.6 Å². The smallest absolute Gasteiger partial charge is 0.324 e. The van der Waals surface area contributed by atoms with Crippen molar-refractivity contribution < 1.29 is 13.2 Å². The molecule has 0 aromatic heterocycles. The molecule has 84 valence electrons. The molecule has 0 aliphatic carbocycles. The van der Waals surface area contributed by atoms with Crippen molar-refractivity contribution in [3.8, 4) is 0 Å². The van der Waals surface area contributed by atoms with Gasteiger partial charge >= 0.3 is 6.18 Å². The zero-order valence-electron chi connectivity index (χ0n) is 8.11. The zero-order valence-corrected chi connectivity index (χ0v) is 8.86. The van der Waals surface area contributed by atoms with Crippen molar-refractivity contribution in [3.63, 3.8) is 0 Å².